The van der Waals surface area contributed by atoms with Gasteiger partial charge in [-0.15, -0.1) is 0 Å². The first kappa shape index (κ1) is 12.5. The molecule has 3 aromatic rings. The maximum absolute atomic E-state index is 6.16. The molecule has 5 heteroatoms. The maximum Gasteiger partial charge on any atom is 0.169 e. The summed E-state index contributed by atoms with van der Waals surface area (Å²) in [5, 5.41) is 1.78. The Balaban J connectivity index is 1.86. The maximum atomic E-state index is 6.16. The predicted molar refractivity (Wildman–Crippen MR) is 79.5 cm³/mol. The summed E-state index contributed by atoms with van der Waals surface area (Å²) in [6.07, 6.45) is 3.57. The van der Waals surface area contributed by atoms with E-state index in [1.165, 1.54) is 0 Å². The minimum Gasteiger partial charge on any atom is -0.322 e. The summed E-state index contributed by atoms with van der Waals surface area (Å²) >= 11 is 7.84. The first-order chi connectivity index (χ1) is 9.25. The zero-order valence-corrected chi connectivity index (χ0v) is 11.9. The fourth-order valence-corrected chi connectivity index (χ4v) is 3.19. The molecule has 2 aromatic heterocycles. The molecule has 0 saturated heterocycles. The molecule has 0 aliphatic rings. The van der Waals surface area contributed by atoms with Gasteiger partial charge in [-0.25, -0.2) is 4.98 Å². The molecule has 0 bridgehead atoms. The van der Waals surface area contributed by atoms with Crippen LogP contribution >= 0.6 is 23.4 Å². The van der Waals surface area contributed by atoms with Crippen molar-refractivity contribution >= 4 is 34.4 Å². The Morgan fingerprint density at radius 2 is 2.11 bits per heavy atom. The molecule has 0 unspecified atom stereocenters. The topological polar surface area (TPSA) is 30.7 Å². The number of aromatic nitrogens is 3. The Hall–Kier alpha value is -1.52. The number of fused-ring (bicyclic) bond motifs is 1. The van der Waals surface area contributed by atoms with E-state index < -0.39 is 0 Å². The Kier molecular flexibility index (Phi) is 3.44. The van der Waals surface area contributed by atoms with Gasteiger partial charge in [-0.2, -0.15) is 0 Å². The van der Waals surface area contributed by atoms with Crippen molar-refractivity contribution in [2.24, 2.45) is 7.05 Å². The molecule has 3 rings (SSSR count). The first-order valence-electron chi connectivity index (χ1n) is 5.88. The van der Waals surface area contributed by atoms with Crippen molar-refractivity contribution in [3.05, 3.63) is 53.3 Å². The molecule has 0 fully saturated rings. The van der Waals surface area contributed by atoms with Gasteiger partial charge in [0.05, 0.1) is 11.7 Å². The Labute approximate surface area is 120 Å². The van der Waals surface area contributed by atoms with E-state index in [-0.39, 0.29) is 0 Å². The van der Waals surface area contributed by atoms with E-state index in [1.54, 1.807) is 24.2 Å². The highest BCUT2D eigenvalue weighted by atomic mass is 35.5. The smallest absolute Gasteiger partial charge is 0.169 e. The SMILES string of the molecule is Cn1c(SCc2ccccc2Cl)nc2cnccc21. The third kappa shape index (κ3) is 2.46. The summed E-state index contributed by atoms with van der Waals surface area (Å²) in [4.78, 5) is 8.67. The van der Waals surface area contributed by atoms with E-state index in [0.717, 1.165) is 32.5 Å². The summed E-state index contributed by atoms with van der Waals surface area (Å²) in [6, 6.07) is 9.87. The van der Waals surface area contributed by atoms with Crippen LogP contribution in [0.4, 0.5) is 0 Å². The van der Waals surface area contributed by atoms with Gasteiger partial charge < -0.3 is 4.57 Å². The molecule has 0 amide bonds. The van der Waals surface area contributed by atoms with Gasteiger partial charge in [0.15, 0.2) is 5.16 Å². The third-order valence-electron chi connectivity index (χ3n) is 2.96. The van der Waals surface area contributed by atoms with Crippen molar-refractivity contribution in [1.29, 1.82) is 0 Å². The van der Waals surface area contributed by atoms with Gasteiger partial charge in [0, 0.05) is 24.0 Å². The fraction of sp³-hybridized carbons (Fsp3) is 0.143. The second kappa shape index (κ2) is 5.23. The largest absolute Gasteiger partial charge is 0.322 e. The van der Waals surface area contributed by atoms with Crippen LogP contribution in [0.2, 0.25) is 5.02 Å². The van der Waals surface area contributed by atoms with Crippen molar-refractivity contribution in [2.75, 3.05) is 0 Å². The van der Waals surface area contributed by atoms with Gasteiger partial charge in [-0.1, -0.05) is 41.6 Å². The average Bonchev–Trinajstić information content (AvgIpc) is 2.75. The lowest BCUT2D eigenvalue weighted by Crippen LogP contribution is -1.91. The number of rotatable bonds is 3. The second-order valence-electron chi connectivity index (χ2n) is 4.20. The lowest BCUT2D eigenvalue weighted by molar-refractivity contribution is 0.815. The van der Waals surface area contributed by atoms with Crippen LogP contribution in [0.5, 0.6) is 0 Å². The summed E-state index contributed by atoms with van der Waals surface area (Å²) in [6.45, 7) is 0. The van der Waals surface area contributed by atoms with Crippen LogP contribution in [0, 0.1) is 0 Å². The van der Waals surface area contributed by atoms with Crippen molar-refractivity contribution in [2.45, 2.75) is 10.9 Å². The molecule has 0 aliphatic carbocycles. The minimum absolute atomic E-state index is 0.801. The number of aryl methyl sites for hydroxylation is 1. The van der Waals surface area contributed by atoms with Crippen LogP contribution in [-0.2, 0) is 12.8 Å². The average molecular weight is 290 g/mol. The Bertz CT molecular complexity index is 724. The number of hydrogen-bond acceptors (Lipinski definition) is 3. The normalized spacial score (nSPS) is 11.1. The highest BCUT2D eigenvalue weighted by Crippen LogP contribution is 2.27. The van der Waals surface area contributed by atoms with Gasteiger partial charge in [0.1, 0.15) is 5.52 Å². The standard InChI is InChI=1S/C14H12ClN3S/c1-18-13-6-7-16-8-12(13)17-14(18)19-9-10-4-2-3-5-11(10)15/h2-8H,9H2,1H3. The van der Waals surface area contributed by atoms with Crippen LogP contribution in [-0.4, -0.2) is 14.5 Å². The van der Waals surface area contributed by atoms with Crippen molar-refractivity contribution in [3.63, 3.8) is 0 Å². The Morgan fingerprint density at radius 3 is 2.89 bits per heavy atom. The number of benzene rings is 1. The molecule has 0 saturated carbocycles. The highest BCUT2D eigenvalue weighted by Gasteiger charge is 2.09. The van der Waals surface area contributed by atoms with Crippen LogP contribution in [0.3, 0.4) is 0 Å². The Morgan fingerprint density at radius 1 is 1.26 bits per heavy atom. The molecule has 3 nitrogen and oxygen atoms in total. The number of nitrogens with zero attached hydrogens (tertiary/aromatic N) is 3. The minimum atomic E-state index is 0.801. The van der Waals surface area contributed by atoms with E-state index in [1.807, 2.05) is 37.4 Å². The van der Waals surface area contributed by atoms with Gasteiger partial charge in [0.2, 0.25) is 0 Å². The molecule has 0 radical (unpaired) electrons. The van der Waals surface area contributed by atoms with Gasteiger partial charge in [-0.3, -0.25) is 4.98 Å². The van der Waals surface area contributed by atoms with E-state index >= 15 is 0 Å². The van der Waals surface area contributed by atoms with Gasteiger partial charge >= 0.3 is 0 Å². The highest BCUT2D eigenvalue weighted by molar-refractivity contribution is 7.98. The quantitative estimate of drug-likeness (QED) is 0.685. The number of thioether (sulfide) groups is 1. The number of halogens is 1. The van der Waals surface area contributed by atoms with Crippen LogP contribution in [0.15, 0.2) is 47.9 Å². The molecular weight excluding hydrogens is 278 g/mol. The summed E-state index contributed by atoms with van der Waals surface area (Å²) < 4.78 is 2.08. The van der Waals surface area contributed by atoms with Gasteiger partial charge in [0.25, 0.3) is 0 Å². The molecule has 0 N–H and O–H groups in total. The molecule has 0 aliphatic heterocycles. The van der Waals surface area contributed by atoms with Gasteiger partial charge in [-0.05, 0) is 17.7 Å². The van der Waals surface area contributed by atoms with Crippen molar-refractivity contribution < 1.29 is 0 Å². The molecule has 0 atom stereocenters. The predicted octanol–water partition coefficient (Wildman–Crippen LogP) is 3.91. The van der Waals surface area contributed by atoms with E-state index in [4.69, 9.17) is 11.6 Å². The van der Waals surface area contributed by atoms with Crippen molar-refractivity contribution in [3.8, 4) is 0 Å². The fourth-order valence-electron chi connectivity index (χ4n) is 1.92. The number of hydrogen-bond donors (Lipinski definition) is 0. The van der Waals surface area contributed by atoms with Crippen LogP contribution < -0.4 is 0 Å². The molecule has 0 spiro atoms. The molecular formula is C14H12ClN3S. The zero-order valence-electron chi connectivity index (χ0n) is 10.4. The second-order valence-corrected chi connectivity index (χ2v) is 5.55. The van der Waals surface area contributed by atoms with E-state index in [0.29, 0.717) is 0 Å². The third-order valence-corrected chi connectivity index (χ3v) is 4.40. The lowest BCUT2D eigenvalue weighted by atomic mass is 10.2. The van der Waals surface area contributed by atoms with Crippen LogP contribution in [0.1, 0.15) is 5.56 Å². The number of pyridine rings is 1. The molecule has 2 heterocycles. The van der Waals surface area contributed by atoms with Crippen LogP contribution in [0.25, 0.3) is 11.0 Å². The van der Waals surface area contributed by atoms with E-state index in [2.05, 4.69) is 14.5 Å². The summed E-state index contributed by atoms with van der Waals surface area (Å²) in [7, 11) is 2.02. The molecule has 96 valence electrons. The molecule has 1 aromatic carbocycles. The lowest BCUT2D eigenvalue weighted by Gasteiger charge is -2.04. The zero-order chi connectivity index (χ0) is 13.2. The summed E-state index contributed by atoms with van der Waals surface area (Å²) in [5.41, 5.74) is 3.14. The van der Waals surface area contributed by atoms with Crippen molar-refractivity contribution in [1.82, 2.24) is 14.5 Å². The van der Waals surface area contributed by atoms with E-state index in [9.17, 15) is 0 Å². The first-order valence-corrected chi connectivity index (χ1v) is 7.24. The summed E-state index contributed by atoms with van der Waals surface area (Å²) in [5.74, 6) is 0.810. The molecule has 19 heavy (non-hydrogen) atoms. The number of imidazole rings is 1. The monoisotopic (exact) mass is 289 g/mol.